The van der Waals surface area contributed by atoms with Crippen molar-refractivity contribution in [1.29, 1.82) is 0 Å². The summed E-state index contributed by atoms with van der Waals surface area (Å²) in [5, 5.41) is 17.6. The minimum Gasteiger partial charge on any atom is -0.423 e. The van der Waals surface area contributed by atoms with Gasteiger partial charge in [-0.1, -0.05) is 12.1 Å². The van der Waals surface area contributed by atoms with Gasteiger partial charge in [-0.15, -0.1) is 0 Å². The van der Waals surface area contributed by atoms with Crippen molar-refractivity contribution in [2.75, 3.05) is 7.05 Å². The van der Waals surface area contributed by atoms with Crippen LogP contribution in [-0.2, 0) is 11.3 Å². The van der Waals surface area contributed by atoms with Gasteiger partial charge >= 0.3 is 7.12 Å². The molecule has 1 aromatic rings. The average molecular weight is 211 g/mol. The second-order valence-electron chi connectivity index (χ2n) is 3.25. The van der Waals surface area contributed by atoms with Crippen LogP contribution in [-0.4, -0.2) is 35.5 Å². The maximum atomic E-state index is 13.3. The van der Waals surface area contributed by atoms with Gasteiger partial charge in [0.1, 0.15) is 5.82 Å². The molecule has 0 radical (unpaired) electrons. The van der Waals surface area contributed by atoms with Crippen LogP contribution in [0, 0.1) is 5.82 Å². The van der Waals surface area contributed by atoms with Crippen LogP contribution in [0.4, 0.5) is 4.39 Å². The van der Waals surface area contributed by atoms with E-state index in [-0.39, 0.29) is 12.0 Å². The van der Waals surface area contributed by atoms with Gasteiger partial charge in [0, 0.05) is 19.2 Å². The Labute approximate surface area is 87.1 Å². The highest BCUT2D eigenvalue weighted by atomic mass is 19.1. The Bertz CT molecular complexity index is 359. The van der Waals surface area contributed by atoms with E-state index in [1.807, 2.05) is 0 Å². The van der Waals surface area contributed by atoms with Crippen LogP contribution in [0.3, 0.4) is 0 Å². The summed E-state index contributed by atoms with van der Waals surface area (Å²) in [5.41, 5.74) is 0.416. The molecule has 1 amide bonds. The van der Waals surface area contributed by atoms with E-state index < -0.39 is 12.9 Å². The van der Waals surface area contributed by atoms with Crippen molar-refractivity contribution < 1.29 is 19.2 Å². The summed E-state index contributed by atoms with van der Waals surface area (Å²) in [6, 6.07) is 3.87. The fraction of sp³-hybridized carbons (Fsp3) is 0.222. The molecule has 1 aromatic carbocycles. The Morgan fingerprint density at radius 3 is 2.67 bits per heavy atom. The van der Waals surface area contributed by atoms with Gasteiger partial charge in [-0.2, -0.15) is 0 Å². The van der Waals surface area contributed by atoms with E-state index >= 15 is 0 Å². The van der Waals surface area contributed by atoms with Crippen LogP contribution in [0.25, 0.3) is 0 Å². The van der Waals surface area contributed by atoms with Crippen LogP contribution >= 0.6 is 0 Å². The lowest BCUT2D eigenvalue weighted by Crippen LogP contribution is -2.30. The third-order valence-electron chi connectivity index (χ3n) is 1.97. The van der Waals surface area contributed by atoms with Crippen molar-refractivity contribution in [3.63, 3.8) is 0 Å². The normalized spacial score (nSPS) is 9.87. The van der Waals surface area contributed by atoms with E-state index in [0.29, 0.717) is 12.0 Å². The van der Waals surface area contributed by atoms with Crippen molar-refractivity contribution >= 4 is 19.0 Å². The molecule has 4 nitrogen and oxygen atoms in total. The molecule has 0 saturated heterocycles. The van der Waals surface area contributed by atoms with E-state index in [9.17, 15) is 9.18 Å². The molecule has 1 rings (SSSR count). The zero-order chi connectivity index (χ0) is 11.4. The van der Waals surface area contributed by atoms with E-state index in [1.165, 1.54) is 24.1 Å². The molecule has 0 unspecified atom stereocenters. The maximum Gasteiger partial charge on any atom is 0.488 e. The van der Waals surface area contributed by atoms with Gasteiger partial charge < -0.3 is 14.9 Å². The van der Waals surface area contributed by atoms with E-state index in [2.05, 4.69) is 0 Å². The molecule has 2 N–H and O–H groups in total. The number of benzene rings is 1. The molecule has 0 atom stereocenters. The van der Waals surface area contributed by atoms with Gasteiger partial charge in [-0.3, -0.25) is 4.79 Å². The van der Waals surface area contributed by atoms with E-state index in [1.54, 1.807) is 0 Å². The van der Waals surface area contributed by atoms with Gasteiger partial charge in [0.2, 0.25) is 6.41 Å². The number of halogens is 1. The molecule has 0 aliphatic rings. The molecule has 6 heteroatoms. The lowest BCUT2D eigenvalue weighted by molar-refractivity contribution is -0.117. The van der Waals surface area contributed by atoms with Crippen molar-refractivity contribution in [2.24, 2.45) is 0 Å². The third kappa shape index (κ3) is 3.04. The molecular weight excluding hydrogens is 200 g/mol. The second kappa shape index (κ2) is 4.90. The molecular formula is C9H11BFNO3. The highest BCUT2D eigenvalue weighted by molar-refractivity contribution is 6.58. The Morgan fingerprint density at radius 1 is 1.53 bits per heavy atom. The zero-order valence-corrected chi connectivity index (χ0v) is 8.22. The van der Waals surface area contributed by atoms with Crippen LogP contribution in [0.1, 0.15) is 5.56 Å². The van der Waals surface area contributed by atoms with Crippen molar-refractivity contribution in [3.05, 3.63) is 29.6 Å². The first-order valence-electron chi connectivity index (χ1n) is 4.34. The van der Waals surface area contributed by atoms with Crippen LogP contribution in [0.5, 0.6) is 0 Å². The molecule has 0 fully saturated rings. The number of nitrogens with zero attached hydrogens (tertiary/aromatic N) is 1. The minimum absolute atomic E-state index is 0.0880. The minimum atomic E-state index is -1.68. The molecule has 0 bridgehead atoms. The summed E-state index contributed by atoms with van der Waals surface area (Å²) in [5.74, 6) is -0.561. The quantitative estimate of drug-likeness (QED) is 0.500. The molecule has 0 heterocycles. The molecule has 0 aliphatic carbocycles. The fourth-order valence-electron chi connectivity index (χ4n) is 1.16. The maximum absolute atomic E-state index is 13.3. The van der Waals surface area contributed by atoms with Gasteiger partial charge in [0.25, 0.3) is 0 Å². The Balaban J connectivity index is 2.88. The number of hydrogen-bond donors (Lipinski definition) is 2. The average Bonchev–Trinajstić information content (AvgIpc) is 2.20. The highest BCUT2D eigenvalue weighted by Crippen LogP contribution is 2.07. The first kappa shape index (κ1) is 11.7. The molecule has 80 valence electrons. The summed E-state index contributed by atoms with van der Waals surface area (Å²) < 4.78 is 13.3. The first-order valence-corrected chi connectivity index (χ1v) is 4.34. The third-order valence-corrected chi connectivity index (χ3v) is 1.97. The molecule has 0 spiro atoms. The van der Waals surface area contributed by atoms with E-state index in [4.69, 9.17) is 10.0 Å². The Morgan fingerprint density at radius 2 is 2.20 bits per heavy atom. The molecule has 0 aromatic heterocycles. The highest BCUT2D eigenvalue weighted by Gasteiger charge is 2.13. The summed E-state index contributed by atoms with van der Waals surface area (Å²) >= 11 is 0. The summed E-state index contributed by atoms with van der Waals surface area (Å²) in [7, 11) is -0.154. The Hall–Kier alpha value is -1.40. The smallest absolute Gasteiger partial charge is 0.423 e. The standard InChI is InChI=1S/C9H11BFNO3/c1-12(6-13)5-7-2-3-8(10(14)15)4-9(7)11/h2-4,6,14-15H,5H2,1H3. The lowest BCUT2D eigenvalue weighted by atomic mass is 9.80. The van der Waals surface area contributed by atoms with Crippen molar-refractivity contribution in [1.82, 2.24) is 4.90 Å². The number of carbonyl (C=O) groups excluding carboxylic acids is 1. The van der Waals surface area contributed by atoms with Crippen LogP contribution < -0.4 is 5.46 Å². The zero-order valence-electron chi connectivity index (χ0n) is 8.22. The molecule has 0 aliphatic heterocycles. The number of rotatable bonds is 4. The predicted octanol–water partition coefficient (Wildman–Crippen LogP) is -0.906. The predicted molar refractivity (Wildman–Crippen MR) is 53.8 cm³/mol. The van der Waals surface area contributed by atoms with Crippen LogP contribution in [0.2, 0.25) is 0 Å². The monoisotopic (exact) mass is 211 g/mol. The molecule has 15 heavy (non-hydrogen) atoms. The van der Waals surface area contributed by atoms with Crippen LogP contribution in [0.15, 0.2) is 18.2 Å². The summed E-state index contributed by atoms with van der Waals surface area (Å²) in [4.78, 5) is 11.6. The van der Waals surface area contributed by atoms with Gasteiger partial charge in [-0.25, -0.2) is 4.39 Å². The Kier molecular flexibility index (Phi) is 3.82. The summed E-state index contributed by atoms with van der Waals surface area (Å²) in [6.45, 7) is 0.150. The number of hydrogen-bond acceptors (Lipinski definition) is 3. The summed E-state index contributed by atoms with van der Waals surface area (Å²) in [6.07, 6.45) is 0.592. The second-order valence-corrected chi connectivity index (χ2v) is 3.25. The van der Waals surface area contributed by atoms with E-state index in [0.717, 1.165) is 6.07 Å². The first-order chi connectivity index (χ1) is 7.04. The van der Waals surface area contributed by atoms with Gasteiger partial charge in [-0.05, 0) is 11.5 Å². The van der Waals surface area contributed by atoms with Gasteiger partial charge in [0.05, 0.1) is 0 Å². The molecule has 0 saturated carbocycles. The number of amides is 1. The SMILES string of the molecule is CN(C=O)Cc1ccc(B(O)O)cc1F. The number of carbonyl (C=O) groups is 1. The van der Waals surface area contributed by atoms with Crippen molar-refractivity contribution in [3.8, 4) is 0 Å². The van der Waals surface area contributed by atoms with Crippen molar-refractivity contribution in [2.45, 2.75) is 6.54 Å². The van der Waals surface area contributed by atoms with Gasteiger partial charge in [0.15, 0.2) is 0 Å². The lowest BCUT2D eigenvalue weighted by Gasteiger charge is -2.11. The largest absolute Gasteiger partial charge is 0.488 e. The topological polar surface area (TPSA) is 60.8 Å². The fourth-order valence-corrected chi connectivity index (χ4v) is 1.16.